The van der Waals surface area contributed by atoms with Crippen LogP contribution < -0.4 is 36.6 Å². The second kappa shape index (κ2) is 15.3. The topological polar surface area (TPSA) is 155 Å². The van der Waals surface area contributed by atoms with Crippen molar-refractivity contribution >= 4 is 41.2 Å². The van der Waals surface area contributed by atoms with Crippen LogP contribution in [0.4, 0.5) is 10.5 Å². The number of thioether (sulfide) groups is 1. The van der Waals surface area contributed by atoms with Gasteiger partial charge in [-0.05, 0) is 49.8 Å². The smallest absolute Gasteiger partial charge is 0.315 e. The zero-order chi connectivity index (χ0) is 30.9. The lowest BCUT2D eigenvalue weighted by Gasteiger charge is -2.24. The maximum Gasteiger partial charge on any atom is 0.315 e. The monoisotopic (exact) mass is 622 g/mol. The van der Waals surface area contributed by atoms with Gasteiger partial charge in [0.1, 0.15) is 24.4 Å². The lowest BCUT2D eigenvalue weighted by Crippen LogP contribution is -2.49. The van der Waals surface area contributed by atoms with E-state index in [0.717, 1.165) is 49.8 Å². The highest BCUT2D eigenvalue weighted by Gasteiger charge is 2.42. The summed E-state index contributed by atoms with van der Waals surface area (Å²) in [7, 11) is 0. The molecule has 0 spiro atoms. The van der Waals surface area contributed by atoms with Crippen molar-refractivity contribution in [2.45, 2.75) is 74.4 Å². The Morgan fingerprint density at radius 2 is 1.64 bits per heavy atom. The van der Waals surface area contributed by atoms with E-state index in [1.165, 1.54) is 4.90 Å². The fourth-order valence-electron chi connectivity index (χ4n) is 5.94. The third-order valence-corrected chi connectivity index (χ3v) is 9.80. The van der Waals surface area contributed by atoms with Crippen molar-refractivity contribution in [1.29, 1.82) is 0 Å². The number of nitrogens with two attached hydrogens (primary N) is 1. The Hall–Kier alpha value is -3.77. The Labute approximate surface area is 262 Å². The van der Waals surface area contributed by atoms with Gasteiger partial charge in [-0.25, -0.2) is 4.79 Å². The minimum Gasteiger partial charge on any atom is -0.481 e. The summed E-state index contributed by atoms with van der Waals surface area (Å²) in [6.45, 7) is 0.922. The SMILES string of the molecule is N[C@H]1C(=O)N(CC(=O)NCCCCCNC(=O)CCCC[C@@H]2SC[C@@H]3NC(=O)N[C@@H]32)c2ccccc2O[C@H]1c1ccccc1. The van der Waals surface area contributed by atoms with E-state index in [1.807, 2.05) is 48.2 Å². The third-order valence-electron chi connectivity index (χ3n) is 8.30. The van der Waals surface area contributed by atoms with Crippen molar-refractivity contribution < 1.29 is 23.9 Å². The Kier molecular flexibility index (Phi) is 11.0. The molecule has 236 valence electrons. The molecule has 5 atom stereocenters. The van der Waals surface area contributed by atoms with Crippen LogP contribution in [0.5, 0.6) is 5.75 Å². The summed E-state index contributed by atoms with van der Waals surface area (Å²) in [6.07, 6.45) is 5.07. The summed E-state index contributed by atoms with van der Waals surface area (Å²) in [5, 5.41) is 12.3. The van der Waals surface area contributed by atoms with Crippen molar-refractivity contribution in [2.24, 2.45) is 5.73 Å². The molecule has 2 aromatic rings. The summed E-state index contributed by atoms with van der Waals surface area (Å²) in [5.41, 5.74) is 7.69. The van der Waals surface area contributed by atoms with Crippen LogP contribution in [0, 0.1) is 0 Å². The van der Waals surface area contributed by atoms with Gasteiger partial charge in [0.25, 0.3) is 0 Å². The standard InChI is InChI=1S/C32H42N6O5S/c33-28-30(21-11-3-1-4-12-21)43-24-14-6-5-13-23(24)38(31(28)41)19-27(40)35-18-10-2-9-17-34-26(39)16-8-7-15-25-29-22(20-44-25)36-32(42)37-29/h1,3-6,11-14,22,25,28-30H,2,7-10,15-20,33H2,(H,34,39)(H,35,40)(H2,36,37,42)/t22-,25-,28+,29-,30-/m0/s1. The molecule has 11 nitrogen and oxygen atoms in total. The predicted molar refractivity (Wildman–Crippen MR) is 170 cm³/mol. The van der Waals surface area contributed by atoms with Gasteiger partial charge in [-0.1, -0.05) is 48.9 Å². The van der Waals surface area contributed by atoms with Gasteiger partial charge >= 0.3 is 6.03 Å². The van der Waals surface area contributed by atoms with Gasteiger partial charge in [-0.2, -0.15) is 11.8 Å². The summed E-state index contributed by atoms with van der Waals surface area (Å²) >= 11 is 1.90. The normalized spacial score (nSPS) is 23.9. The molecule has 0 saturated carbocycles. The number of hydrogen-bond acceptors (Lipinski definition) is 7. The van der Waals surface area contributed by atoms with E-state index in [0.29, 0.717) is 36.2 Å². The summed E-state index contributed by atoms with van der Waals surface area (Å²) < 4.78 is 6.19. The van der Waals surface area contributed by atoms with Crippen molar-refractivity contribution in [3.05, 3.63) is 60.2 Å². The molecule has 12 heteroatoms. The van der Waals surface area contributed by atoms with Crippen LogP contribution in [-0.4, -0.2) is 72.5 Å². The van der Waals surface area contributed by atoms with E-state index in [2.05, 4.69) is 21.3 Å². The van der Waals surface area contributed by atoms with Crippen molar-refractivity contribution in [3.63, 3.8) is 0 Å². The molecule has 5 amide bonds. The molecule has 0 bridgehead atoms. The zero-order valence-electron chi connectivity index (χ0n) is 24.8. The van der Waals surface area contributed by atoms with Crippen LogP contribution in [0.1, 0.15) is 56.6 Å². The Morgan fingerprint density at radius 3 is 2.43 bits per heavy atom. The maximum atomic E-state index is 13.4. The molecule has 5 rings (SSSR count). The molecule has 2 saturated heterocycles. The molecule has 3 aliphatic heterocycles. The van der Waals surface area contributed by atoms with E-state index >= 15 is 0 Å². The molecule has 3 heterocycles. The van der Waals surface area contributed by atoms with Gasteiger partial charge in [-0.3, -0.25) is 19.3 Å². The van der Waals surface area contributed by atoms with Crippen LogP contribution in [0.2, 0.25) is 0 Å². The molecule has 0 aromatic heterocycles. The third kappa shape index (κ3) is 8.03. The molecule has 0 aliphatic carbocycles. The van der Waals surface area contributed by atoms with Gasteiger partial charge in [0.2, 0.25) is 17.7 Å². The molecule has 3 aliphatic rings. The van der Waals surface area contributed by atoms with E-state index < -0.39 is 12.1 Å². The van der Waals surface area contributed by atoms with Gasteiger partial charge in [0.05, 0.1) is 17.8 Å². The van der Waals surface area contributed by atoms with E-state index in [-0.39, 0.29) is 42.4 Å². The number of anilines is 1. The lowest BCUT2D eigenvalue weighted by molar-refractivity contribution is -0.125. The first-order valence-corrected chi connectivity index (χ1v) is 16.5. The van der Waals surface area contributed by atoms with Gasteiger partial charge in [0.15, 0.2) is 0 Å². The first-order chi connectivity index (χ1) is 21.4. The molecule has 2 fully saturated rings. The van der Waals surface area contributed by atoms with Crippen molar-refractivity contribution in [3.8, 4) is 5.75 Å². The van der Waals surface area contributed by atoms with Gasteiger partial charge in [0, 0.05) is 30.5 Å². The highest BCUT2D eigenvalue weighted by atomic mass is 32.2. The van der Waals surface area contributed by atoms with Crippen LogP contribution in [0.15, 0.2) is 54.6 Å². The molecule has 6 N–H and O–H groups in total. The number of carbonyl (C=O) groups is 4. The van der Waals surface area contributed by atoms with Crippen LogP contribution in [-0.2, 0) is 14.4 Å². The fourth-order valence-corrected chi connectivity index (χ4v) is 7.49. The number of carbonyl (C=O) groups excluding carboxylic acids is 4. The van der Waals surface area contributed by atoms with Gasteiger partial charge < -0.3 is 31.7 Å². The number of benzene rings is 2. The summed E-state index contributed by atoms with van der Waals surface area (Å²) in [5.74, 6) is 0.862. The number of rotatable bonds is 14. The van der Waals surface area contributed by atoms with Crippen LogP contribution in [0.3, 0.4) is 0 Å². The molecule has 0 unspecified atom stereocenters. The summed E-state index contributed by atoms with van der Waals surface area (Å²) in [4.78, 5) is 51.3. The molecule has 0 radical (unpaired) electrons. The largest absolute Gasteiger partial charge is 0.481 e. The number of para-hydroxylation sites is 2. The second-order valence-electron chi connectivity index (χ2n) is 11.5. The van der Waals surface area contributed by atoms with E-state index in [9.17, 15) is 19.2 Å². The van der Waals surface area contributed by atoms with E-state index in [4.69, 9.17) is 10.5 Å². The molecular formula is C32H42N6O5S. The second-order valence-corrected chi connectivity index (χ2v) is 12.8. The number of ether oxygens (including phenoxy) is 1. The van der Waals surface area contributed by atoms with Crippen molar-refractivity contribution in [1.82, 2.24) is 21.3 Å². The Balaban J connectivity index is 0.959. The molecule has 2 aromatic carbocycles. The van der Waals surface area contributed by atoms with Gasteiger partial charge in [-0.15, -0.1) is 0 Å². The molecular weight excluding hydrogens is 580 g/mol. The minimum atomic E-state index is -0.972. The minimum absolute atomic E-state index is 0.0604. The average Bonchev–Trinajstić information content (AvgIpc) is 3.56. The number of amides is 5. The van der Waals surface area contributed by atoms with Crippen LogP contribution in [0.25, 0.3) is 0 Å². The highest BCUT2D eigenvalue weighted by molar-refractivity contribution is 8.00. The maximum absolute atomic E-state index is 13.4. The Bertz CT molecular complexity index is 1310. The highest BCUT2D eigenvalue weighted by Crippen LogP contribution is 2.37. The fraction of sp³-hybridized carbons (Fsp3) is 0.500. The molecule has 44 heavy (non-hydrogen) atoms. The average molecular weight is 623 g/mol. The number of unbranched alkanes of at least 4 members (excludes halogenated alkanes) is 3. The quantitative estimate of drug-likeness (QED) is 0.160. The number of nitrogens with one attached hydrogen (secondary N) is 4. The lowest BCUT2D eigenvalue weighted by atomic mass is 10.0. The van der Waals surface area contributed by atoms with E-state index in [1.54, 1.807) is 18.2 Å². The number of hydrogen-bond donors (Lipinski definition) is 5. The Morgan fingerprint density at radius 1 is 0.909 bits per heavy atom. The predicted octanol–water partition coefficient (Wildman–Crippen LogP) is 2.61. The number of nitrogens with zero attached hydrogens (tertiary/aromatic N) is 1. The zero-order valence-corrected chi connectivity index (χ0v) is 25.7. The number of fused-ring (bicyclic) bond motifs is 2. The first-order valence-electron chi connectivity index (χ1n) is 15.5. The van der Waals surface area contributed by atoms with Crippen molar-refractivity contribution in [2.75, 3.05) is 30.3 Å². The number of urea groups is 1. The first kappa shape index (κ1) is 31.6. The van der Waals surface area contributed by atoms with Crippen LogP contribution >= 0.6 is 11.8 Å². The summed E-state index contributed by atoms with van der Waals surface area (Å²) in [6, 6.07) is 15.9.